The summed E-state index contributed by atoms with van der Waals surface area (Å²) in [5, 5.41) is 0. The Morgan fingerprint density at radius 3 is 2.60 bits per heavy atom. The van der Waals surface area contributed by atoms with Gasteiger partial charge >= 0.3 is 0 Å². The highest BCUT2D eigenvalue weighted by molar-refractivity contribution is 4.98. The lowest BCUT2D eigenvalue weighted by molar-refractivity contribution is 0.0819. The van der Waals surface area contributed by atoms with Gasteiger partial charge in [0.1, 0.15) is 0 Å². The van der Waals surface area contributed by atoms with Gasteiger partial charge in [0.25, 0.3) is 0 Å². The van der Waals surface area contributed by atoms with Gasteiger partial charge in [0.2, 0.25) is 0 Å². The third-order valence-electron chi connectivity index (χ3n) is 4.33. The van der Waals surface area contributed by atoms with Crippen molar-refractivity contribution in [1.29, 1.82) is 0 Å². The maximum Gasteiger partial charge on any atom is 0.0334 e. The van der Waals surface area contributed by atoms with E-state index in [-0.39, 0.29) is 0 Å². The second-order valence-electron chi connectivity index (χ2n) is 5.53. The summed E-state index contributed by atoms with van der Waals surface area (Å²) in [6, 6.07) is 0.670. The molecule has 0 aliphatic heterocycles. The first-order chi connectivity index (χ1) is 7.05. The van der Waals surface area contributed by atoms with Gasteiger partial charge in [-0.1, -0.05) is 20.3 Å². The highest BCUT2D eigenvalue weighted by atomic mass is 15.2. The summed E-state index contributed by atoms with van der Waals surface area (Å²) >= 11 is 0. The Balaban J connectivity index is 2.65. The van der Waals surface area contributed by atoms with Gasteiger partial charge in [-0.05, 0) is 45.6 Å². The molecule has 0 heterocycles. The molecular formula is C13H28N2. The van der Waals surface area contributed by atoms with E-state index < -0.39 is 0 Å². The van der Waals surface area contributed by atoms with Crippen LogP contribution >= 0.6 is 0 Å². The van der Waals surface area contributed by atoms with E-state index in [4.69, 9.17) is 5.73 Å². The molecule has 2 heteroatoms. The molecule has 1 aliphatic carbocycles. The summed E-state index contributed by atoms with van der Waals surface area (Å²) < 4.78 is 0. The van der Waals surface area contributed by atoms with Crippen LogP contribution in [0.1, 0.15) is 52.9 Å². The van der Waals surface area contributed by atoms with Gasteiger partial charge in [0.15, 0.2) is 0 Å². The van der Waals surface area contributed by atoms with Crippen LogP contribution in [0.4, 0.5) is 0 Å². The summed E-state index contributed by atoms with van der Waals surface area (Å²) in [6.45, 7) is 7.78. The minimum Gasteiger partial charge on any atom is -0.329 e. The molecule has 1 fully saturated rings. The first-order valence-electron chi connectivity index (χ1n) is 6.48. The van der Waals surface area contributed by atoms with Gasteiger partial charge in [-0.2, -0.15) is 0 Å². The molecule has 3 unspecified atom stereocenters. The van der Waals surface area contributed by atoms with Crippen molar-refractivity contribution in [1.82, 2.24) is 4.90 Å². The lowest BCUT2D eigenvalue weighted by Gasteiger charge is -2.42. The van der Waals surface area contributed by atoms with Crippen LogP contribution in [0.25, 0.3) is 0 Å². The first kappa shape index (κ1) is 13.0. The van der Waals surface area contributed by atoms with Gasteiger partial charge < -0.3 is 5.73 Å². The van der Waals surface area contributed by atoms with E-state index in [2.05, 4.69) is 32.7 Å². The van der Waals surface area contributed by atoms with E-state index in [0.717, 1.165) is 12.5 Å². The van der Waals surface area contributed by atoms with Crippen LogP contribution in [0, 0.1) is 5.92 Å². The maximum absolute atomic E-state index is 6.02. The molecular weight excluding hydrogens is 184 g/mol. The van der Waals surface area contributed by atoms with Crippen molar-refractivity contribution in [3.05, 3.63) is 0 Å². The molecule has 0 aromatic rings. The Morgan fingerprint density at radius 2 is 2.20 bits per heavy atom. The normalized spacial score (nSPS) is 33.6. The Hall–Kier alpha value is -0.0800. The number of nitrogens with two attached hydrogens (primary N) is 1. The summed E-state index contributed by atoms with van der Waals surface area (Å²) in [5.74, 6) is 0.852. The lowest BCUT2D eigenvalue weighted by atomic mass is 9.92. The largest absolute Gasteiger partial charge is 0.329 e. The Kier molecular flexibility index (Phi) is 4.60. The van der Waals surface area contributed by atoms with Crippen LogP contribution in [0.5, 0.6) is 0 Å². The van der Waals surface area contributed by atoms with Crippen molar-refractivity contribution in [3.8, 4) is 0 Å². The second kappa shape index (κ2) is 5.31. The van der Waals surface area contributed by atoms with Crippen LogP contribution in [-0.2, 0) is 0 Å². The van der Waals surface area contributed by atoms with E-state index in [0.29, 0.717) is 11.6 Å². The number of nitrogens with zero attached hydrogens (tertiary/aromatic N) is 1. The molecule has 0 aromatic carbocycles. The van der Waals surface area contributed by atoms with Gasteiger partial charge in [-0.3, -0.25) is 4.90 Å². The van der Waals surface area contributed by atoms with Crippen molar-refractivity contribution >= 4 is 0 Å². The van der Waals surface area contributed by atoms with Crippen LogP contribution in [-0.4, -0.2) is 30.1 Å². The van der Waals surface area contributed by atoms with E-state index in [1.165, 1.54) is 32.1 Å². The standard InChI is InChI=1S/C13H28N2/c1-5-6-12(3)15(4)13(10-14)8-7-11(2)9-13/h11-12H,5-10,14H2,1-4H3. The average Bonchev–Trinajstić information content (AvgIpc) is 2.60. The van der Waals surface area contributed by atoms with Crippen LogP contribution in [0.2, 0.25) is 0 Å². The second-order valence-corrected chi connectivity index (χ2v) is 5.53. The third-order valence-corrected chi connectivity index (χ3v) is 4.33. The number of hydrogen-bond donors (Lipinski definition) is 1. The van der Waals surface area contributed by atoms with Crippen molar-refractivity contribution in [3.63, 3.8) is 0 Å². The average molecular weight is 212 g/mol. The van der Waals surface area contributed by atoms with E-state index in [9.17, 15) is 0 Å². The summed E-state index contributed by atoms with van der Waals surface area (Å²) in [7, 11) is 2.27. The zero-order valence-corrected chi connectivity index (χ0v) is 10.9. The molecule has 15 heavy (non-hydrogen) atoms. The number of rotatable bonds is 5. The molecule has 2 N–H and O–H groups in total. The highest BCUT2D eigenvalue weighted by Crippen LogP contribution is 2.38. The van der Waals surface area contributed by atoms with E-state index in [1.54, 1.807) is 0 Å². The molecule has 90 valence electrons. The minimum atomic E-state index is 0.300. The van der Waals surface area contributed by atoms with Crippen molar-refractivity contribution < 1.29 is 0 Å². The Morgan fingerprint density at radius 1 is 1.53 bits per heavy atom. The van der Waals surface area contributed by atoms with Gasteiger partial charge in [-0.25, -0.2) is 0 Å². The molecule has 0 aromatic heterocycles. The molecule has 0 radical (unpaired) electrons. The molecule has 1 saturated carbocycles. The molecule has 1 aliphatic rings. The van der Waals surface area contributed by atoms with Gasteiger partial charge in [-0.15, -0.1) is 0 Å². The predicted molar refractivity (Wildman–Crippen MR) is 66.9 cm³/mol. The van der Waals surface area contributed by atoms with Crippen molar-refractivity contribution in [2.45, 2.75) is 64.5 Å². The molecule has 3 atom stereocenters. The molecule has 0 spiro atoms. The Bertz CT molecular complexity index is 193. The zero-order valence-electron chi connectivity index (χ0n) is 10.9. The van der Waals surface area contributed by atoms with Crippen LogP contribution in [0.15, 0.2) is 0 Å². The number of hydrogen-bond acceptors (Lipinski definition) is 2. The SMILES string of the molecule is CCCC(C)N(C)C1(CN)CCC(C)C1. The first-order valence-corrected chi connectivity index (χ1v) is 6.48. The smallest absolute Gasteiger partial charge is 0.0334 e. The Labute approximate surface area is 95.2 Å². The van der Waals surface area contributed by atoms with E-state index >= 15 is 0 Å². The summed E-state index contributed by atoms with van der Waals surface area (Å²) in [4.78, 5) is 2.56. The maximum atomic E-state index is 6.02. The topological polar surface area (TPSA) is 29.3 Å². The molecule has 0 bridgehead atoms. The fourth-order valence-corrected chi connectivity index (χ4v) is 3.10. The quantitative estimate of drug-likeness (QED) is 0.759. The molecule has 0 saturated heterocycles. The molecule has 0 amide bonds. The minimum absolute atomic E-state index is 0.300. The van der Waals surface area contributed by atoms with E-state index in [1.807, 2.05) is 0 Å². The van der Waals surface area contributed by atoms with Crippen molar-refractivity contribution in [2.24, 2.45) is 11.7 Å². The van der Waals surface area contributed by atoms with Crippen molar-refractivity contribution in [2.75, 3.05) is 13.6 Å². The third kappa shape index (κ3) is 2.73. The summed E-state index contributed by atoms with van der Waals surface area (Å²) in [6.07, 6.45) is 6.47. The fourth-order valence-electron chi connectivity index (χ4n) is 3.10. The van der Waals surface area contributed by atoms with Crippen LogP contribution in [0.3, 0.4) is 0 Å². The molecule has 1 rings (SSSR count). The highest BCUT2D eigenvalue weighted by Gasteiger charge is 2.40. The van der Waals surface area contributed by atoms with Crippen LogP contribution < -0.4 is 5.73 Å². The van der Waals surface area contributed by atoms with Gasteiger partial charge in [0, 0.05) is 18.1 Å². The molecule has 2 nitrogen and oxygen atoms in total. The lowest BCUT2D eigenvalue weighted by Crippen LogP contribution is -2.53. The predicted octanol–water partition coefficient (Wildman–Crippen LogP) is 2.62. The summed E-state index contributed by atoms with van der Waals surface area (Å²) in [5.41, 5.74) is 6.32. The number of likely N-dealkylation sites (N-methyl/N-ethyl adjacent to an activating group) is 1. The monoisotopic (exact) mass is 212 g/mol. The van der Waals surface area contributed by atoms with Gasteiger partial charge in [0.05, 0.1) is 0 Å². The zero-order chi connectivity index (χ0) is 11.5. The fraction of sp³-hybridized carbons (Fsp3) is 1.00.